The van der Waals surface area contributed by atoms with E-state index in [9.17, 15) is 9.59 Å². The fourth-order valence-electron chi connectivity index (χ4n) is 2.27. The van der Waals surface area contributed by atoms with Crippen LogP contribution in [0.4, 0.5) is 0 Å². The van der Waals surface area contributed by atoms with E-state index in [1.165, 1.54) is 6.92 Å². The molecule has 3 atom stereocenters. The predicted octanol–water partition coefficient (Wildman–Crippen LogP) is -0.134. The number of halogens is 1. The van der Waals surface area contributed by atoms with Gasteiger partial charge in [-0.2, -0.15) is 0 Å². The number of rotatable bonds is 4. The zero-order valence-electron chi connectivity index (χ0n) is 10.4. The number of aromatic nitrogens is 2. The van der Waals surface area contributed by atoms with Gasteiger partial charge in [0, 0.05) is 37.8 Å². The van der Waals surface area contributed by atoms with Crippen LogP contribution in [0.2, 0.25) is 0 Å². The average Bonchev–Trinajstić information content (AvgIpc) is 2.95. The fraction of sp³-hybridized carbons (Fsp3) is 0.545. The fourth-order valence-corrected chi connectivity index (χ4v) is 2.27. The van der Waals surface area contributed by atoms with E-state index in [0.29, 0.717) is 13.0 Å². The first-order chi connectivity index (χ1) is 8.58. The van der Waals surface area contributed by atoms with Gasteiger partial charge in [-0.1, -0.05) is 0 Å². The second-order valence-corrected chi connectivity index (χ2v) is 4.42. The Balaban J connectivity index is 0.00000180. The smallest absolute Gasteiger partial charge is 0.320 e. The molecule has 0 unspecified atom stereocenters. The minimum atomic E-state index is -0.878. The van der Waals surface area contributed by atoms with Crippen LogP contribution in [0.5, 0.6) is 0 Å². The Morgan fingerprint density at radius 1 is 1.58 bits per heavy atom. The molecule has 0 radical (unpaired) electrons. The first-order valence-electron chi connectivity index (χ1n) is 5.80. The van der Waals surface area contributed by atoms with E-state index in [1.807, 2.05) is 0 Å². The van der Waals surface area contributed by atoms with Gasteiger partial charge < -0.3 is 15.4 Å². The van der Waals surface area contributed by atoms with Crippen molar-refractivity contribution in [3.8, 4) is 0 Å². The van der Waals surface area contributed by atoms with Crippen LogP contribution in [0.1, 0.15) is 25.1 Å². The van der Waals surface area contributed by atoms with Crippen molar-refractivity contribution in [2.75, 3.05) is 6.54 Å². The molecule has 106 valence electrons. The Bertz CT molecular complexity index is 437. The molecular formula is C11H17ClN4O3. The molecule has 2 heterocycles. The summed E-state index contributed by atoms with van der Waals surface area (Å²) in [5, 5.41) is 14.8. The molecule has 1 saturated heterocycles. The number of nitrogens with zero attached hydrogens (tertiary/aromatic N) is 1. The Labute approximate surface area is 116 Å². The second kappa shape index (κ2) is 6.53. The number of carbonyl (C=O) groups is 2. The summed E-state index contributed by atoms with van der Waals surface area (Å²) in [4.78, 5) is 29.1. The Morgan fingerprint density at radius 2 is 2.32 bits per heavy atom. The van der Waals surface area contributed by atoms with Crippen LogP contribution in [0, 0.1) is 0 Å². The molecule has 19 heavy (non-hydrogen) atoms. The molecular weight excluding hydrogens is 272 g/mol. The number of imidazole rings is 1. The van der Waals surface area contributed by atoms with Crippen LogP contribution in [0.15, 0.2) is 12.4 Å². The average molecular weight is 289 g/mol. The van der Waals surface area contributed by atoms with E-state index >= 15 is 0 Å². The predicted molar refractivity (Wildman–Crippen MR) is 70.2 cm³/mol. The van der Waals surface area contributed by atoms with E-state index in [-0.39, 0.29) is 30.3 Å². The van der Waals surface area contributed by atoms with Crippen molar-refractivity contribution in [3.63, 3.8) is 0 Å². The van der Waals surface area contributed by atoms with Crippen molar-refractivity contribution < 1.29 is 14.7 Å². The highest BCUT2D eigenvalue weighted by Crippen LogP contribution is 2.28. The second-order valence-electron chi connectivity index (χ2n) is 4.42. The van der Waals surface area contributed by atoms with Crippen molar-refractivity contribution in [2.45, 2.75) is 31.3 Å². The van der Waals surface area contributed by atoms with Crippen LogP contribution >= 0.6 is 12.4 Å². The van der Waals surface area contributed by atoms with Crippen LogP contribution in [0.25, 0.3) is 0 Å². The maximum Gasteiger partial charge on any atom is 0.320 e. The summed E-state index contributed by atoms with van der Waals surface area (Å²) in [7, 11) is 0. The number of carbonyl (C=O) groups excluding carboxylic acids is 1. The summed E-state index contributed by atoms with van der Waals surface area (Å²) in [5.41, 5.74) is 0. The number of H-pyrrole nitrogens is 1. The highest BCUT2D eigenvalue weighted by Gasteiger charge is 2.39. The summed E-state index contributed by atoms with van der Waals surface area (Å²) >= 11 is 0. The third kappa shape index (κ3) is 3.68. The van der Waals surface area contributed by atoms with Gasteiger partial charge in [-0.3, -0.25) is 14.9 Å². The van der Waals surface area contributed by atoms with Crippen LogP contribution in [0.3, 0.4) is 0 Å². The summed E-state index contributed by atoms with van der Waals surface area (Å²) in [5.74, 6) is -0.291. The van der Waals surface area contributed by atoms with E-state index in [4.69, 9.17) is 5.11 Å². The highest BCUT2D eigenvalue weighted by atomic mass is 35.5. The summed E-state index contributed by atoms with van der Waals surface area (Å²) < 4.78 is 0. The lowest BCUT2D eigenvalue weighted by atomic mass is 9.98. The largest absolute Gasteiger partial charge is 0.480 e. The van der Waals surface area contributed by atoms with Crippen molar-refractivity contribution in [2.24, 2.45) is 0 Å². The number of hydrogen-bond donors (Lipinski definition) is 4. The minimum Gasteiger partial charge on any atom is -0.480 e. The Kier molecular flexibility index (Phi) is 5.31. The molecule has 0 aliphatic carbocycles. The van der Waals surface area contributed by atoms with E-state index in [1.54, 1.807) is 12.4 Å². The zero-order valence-corrected chi connectivity index (χ0v) is 11.2. The van der Waals surface area contributed by atoms with Crippen LogP contribution in [-0.2, 0) is 9.59 Å². The summed E-state index contributed by atoms with van der Waals surface area (Å²) in [6.07, 6.45) is 3.81. The van der Waals surface area contributed by atoms with Crippen molar-refractivity contribution in [1.82, 2.24) is 20.6 Å². The monoisotopic (exact) mass is 288 g/mol. The van der Waals surface area contributed by atoms with Crippen molar-refractivity contribution >= 4 is 24.3 Å². The van der Waals surface area contributed by atoms with Gasteiger partial charge in [0.15, 0.2) is 0 Å². The Hall–Kier alpha value is -1.60. The highest BCUT2D eigenvalue weighted by molar-refractivity contribution is 5.85. The molecule has 1 aliphatic heterocycles. The van der Waals surface area contributed by atoms with Gasteiger partial charge in [0.05, 0.1) is 0 Å². The molecule has 0 saturated carbocycles. The summed E-state index contributed by atoms with van der Waals surface area (Å²) in [6, 6.07) is -0.722. The van der Waals surface area contributed by atoms with Crippen LogP contribution in [-0.4, -0.2) is 45.6 Å². The molecule has 1 amide bonds. The maximum atomic E-state index is 11.0. The molecule has 1 fully saturated rings. The molecule has 8 heteroatoms. The first-order valence-corrected chi connectivity index (χ1v) is 5.80. The molecule has 2 rings (SSSR count). The lowest BCUT2D eigenvalue weighted by molar-refractivity contribution is -0.139. The van der Waals surface area contributed by atoms with Gasteiger partial charge in [0.25, 0.3) is 0 Å². The normalized spacial score (nSPS) is 25.6. The Morgan fingerprint density at radius 3 is 2.84 bits per heavy atom. The molecule has 1 aromatic heterocycles. The van der Waals surface area contributed by atoms with Crippen LogP contribution < -0.4 is 10.6 Å². The van der Waals surface area contributed by atoms with Gasteiger partial charge in [-0.05, 0) is 6.42 Å². The lowest BCUT2D eigenvalue weighted by Crippen LogP contribution is -2.43. The minimum absolute atomic E-state index is 0. The molecule has 0 aromatic carbocycles. The van der Waals surface area contributed by atoms with Gasteiger partial charge in [0.2, 0.25) is 5.91 Å². The number of carboxylic acids is 1. The molecule has 0 bridgehead atoms. The lowest BCUT2D eigenvalue weighted by Gasteiger charge is -2.17. The van der Waals surface area contributed by atoms with E-state index in [0.717, 1.165) is 5.82 Å². The zero-order chi connectivity index (χ0) is 13.1. The number of aromatic amines is 1. The molecule has 4 N–H and O–H groups in total. The van der Waals surface area contributed by atoms with Gasteiger partial charge >= 0.3 is 5.97 Å². The summed E-state index contributed by atoms with van der Waals surface area (Å²) in [6.45, 7) is 1.83. The van der Waals surface area contributed by atoms with Gasteiger partial charge in [-0.15, -0.1) is 12.4 Å². The van der Waals surface area contributed by atoms with E-state index in [2.05, 4.69) is 20.6 Å². The molecule has 1 aromatic rings. The standard InChI is InChI=1S/C11H16N4O3.ClH/c1-6(16)14-5-9-7(10-12-2-3-13-10)4-8(15-9)11(17)18;/h2-3,7-9,15H,4-5H2,1H3,(H,12,13)(H,14,16)(H,17,18);1H/t7-,8-,9+;/m1./s1. The number of hydrogen-bond acceptors (Lipinski definition) is 4. The number of aliphatic carboxylic acids is 1. The first kappa shape index (κ1) is 15.5. The van der Waals surface area contributed by atoms with Gasteiger partial charge in [-0.25, -0.2) is 4.98 Å². The van der Waals surface area contributed by atoms with E-state index < -0.39 is 12.0 Å². The number of nitrogens with one attached hydrogen (secondary N) is 3. The van der Waals surface area contributed by atoms with Crippen molar-refractivity contribution in [3.05, 3.63) is 18.2 Å². The number of carboxylic acid groups (broad SMARTS) is 1. The quantitative estimate of drug-likeness (QED) is 0.617. The van der Waals surface area contributed by atoms with Crippen molar-refractivity contribution in [1.29, 1.82) is 0 Å². The number of amides is 1. The van der Waals surface area contributed by atoms with Gasteiger partial charge in [0.1, 0.15) is 11.9 Å². The third-order valence-electron chi connectivity index (χ3n) is 3.13. The maximum absolute atomic E-state index is 11.0. The topological polar surface area (TPSA) is 107 Å². The third-order valence-corrected chi connectivity index (χ3v) is 3.13. The molecule has 1 aliphatic rings. The molecule has 0 spiro atoms. The SMILES string of the molecule is CC(=O)NC[C@@H]1N[C@@H](C(=O)O)C[C@H]1c1ncc[nH]1.Cl. The molecule has 7 nitrogen and oxygen atoms in total.